The van der Waals surface area contributed by atoms with Gasteiger partial charge < -0.3 is 15.8 Å². The van der Waals surface area contributed by atoms with Crippen molar-refractivity contribution >= 4 is 29.9 Å². The summed E-state index contributed by atoms with van der Waals surface area (Å²) in [5.74, 6) is 0.550. The highest BCUT2D eigenvalue weighted by Crippen LogP contribution is 2.43. The van der Waals surface area contributed by atoms with Crippen LogP contribution in [0.4, 0.5) is 0 Å². The van der Waals surface area contributed by atoms with Gasteiger partial charge in [0.05, 0.1) is 6.54 Å². The summed E-state index contributed by atoms with van der Waals surface area (Å²) in [7, 11) is 0. The first kappa shape index (κ1) is 19.2. The Hall–Kier alpha value is -0.820. The number of ether oxygens (including phenoxy) is 1. The van der Waals surface area contributed by atoms with Gasteiger partial charge >= 0.3 is 0 Å². The second kappa shape index (κ2) is 10.0. The van der Waals surface area contributed by atoms with Crippen LogP contribution in [0.2, 0.25) is 0 Å². The maximum absolute atomic E-state index is 5.95. The Morgan fingerprint density at radius 1 is 1.32 bits per heavy atom. The molecule has 1 aromatic carbocycles. The number of hydrogen-bond acceptors (Lipinski definition) is 2. The second-order valence-electron chi connectivity index (χ2n) is 5.68. The maximum Gasteiger partial charge on any atom is 0.188 e. The van der Waals surface area contributed by atoms with Gasteiger partial charge in [0.15, 0.2) is 5.96 Å². The Balaban J connectivity index is 0.00000242. The van der Waals surface area contributed by atoms with Gasteiger partial charge in [-0.15, -0.1) is 24.0 Å². The maximum atomic E-state index is 5.95. The van der Waals surface area contributed by atoms with Crippen molar-refractivity contribution in [2.75, 3.05) is 26.3 Å². The average molecular weight is 417 g/mol. The number of rotatable bonds is 8. The third-order valence-electron chi connectivity index (χ3n) is 4.22. The fourth-order valence-corrected chi connectivity index (χ4v) is 2.76. The number of benzene rings is 1. The van der Waals surface area contributed by atoms with E-state index < -0.39 is 0 Å². The van der Waals surface area contributed by atoms with Crippen molar-refractivity contribution in [3.8, 4) is 0 Å². The first-order valence-electron chi connectivity index (χ1n) is 7.94. The molecule has 4 nitrogen and oxygen atoms in total. The number of nitrogens with two attached hydrogens (primary N) is 1. The molecule has 0 atom stereocenters. The molecule has 1 aliphatic rings. The van der Waals surface area contributed by atoms with E-state index in [4.69, 9.17) is 10.5 Å². The molecule has 0 aliphatic heterocycles. The Labute approximate surface area is 150 Å². The first-order chi connectivity index (χ1) is 10.3. The summed E-state index contributed by atoms with van der Waals surface area (Å²) in [4.78, 5) is 4.56. The van der Waals surface area contributed by atoms with Crippen molar-refractivity contribution in [3.63, 3.8) is 0 Å². The number of nitrogens with one attached hydrogen (secondary N) is 1. The van der Waals surface area contributed by atoms with Gasteiger partial charge in [0.25, 0.3) is 0 Å². The van der Waals surface area contributed by atoms with Crippen molar-refractivity contribution in [3.05, 3.63) is 35.9 Å². The minimum absolute atomic E-state index is 0. The van der Waals surface area contributed by atoms with E-state index in [1.165, 1.54) is 24.8 Å². The molecule has 0 bridgehead atoms. The van der Waals surface area contributed by atoms with E-state index in [0.29, 0.717) is 5.96 Å². The summed E-state index contributed by atoms with van der Waals surface area (Å²) in [6, 6.07) is 10.7. The first-order valence-corrected chi connectivity index (χ1v) is 7.94. The molecule has 1 fully saturated rings. The number of guanidine groups is 1. The fraction of sp³-hybridized carbons (Fsp3) is 0.588. The minimum Gasteiger partial charge on any atom is -0.382 e. The summed E-state index contributed by atoms with van der Waals surface area (Å²) in [6.45, 7) is 5.13. The van der Waals surface area contributed by atoms with E-state index in [1.807, 2.05) is 6.92 Å². The number of nitrogens with zero attached hydrogens (tertiary/aromatic N) is 1. The molecule has 1 saturated carbocycles. The standard InChI is InChI=1S/C17H27N3O.HI/c1-2-21-13-7-12-19-16(18)20-14-17(10-6-11-17)15-8-4-3-5-9-15;/h3-5,8-9H,2,6-7,10-14H2,1H3,(H3,18,19,20);1H. The van der Waals surface area contributed by atoms with Crippen molar-refractivity contribution in [2.24, 2.45) is 10.7 Å². The van der Waals surface area contributed by atoms with Crippen LogP contribution in [0.3, 0.4) is 0 Å². The molecule has 0 unspecified atom stereocenters. The quantitative estimate of drug-likeness (QED) is 0.296. The van der Waals surface area contributed by atoms with E-state index in [2.05, 4.69) is 40.6 Å². The monoisotopic (exact) mass is 417 g/mol. The molecular formula is C17H28IN3O. The number of aliphatic imine (C=N–C) groups is 1. The van der Waals surface area contributed by atoms with Crippen LogP contribution in [0.25, 0.3) is 0 Å². The lowest BCUT2D eigenvalue weighted by molar-refractivity contribution is 0.145. The van der Waals surface area contributed by atoms with Gasteiger partial charge in [-0.05, 0) is 31.7 Å². The highest BCUT2D eigenvalue weighted by molar-refractivity contribution is 14.0. The molecule has 2 rings (SSSR count). The van der Waals surface area contributed by atoms with Gasteiger partial charge in [-0.2, -0.15) is 0 Å². The minimum atomic E-state index is 0. The smallest absolute Gasteiger partial charge is 0.188 e. The molecule has 3 N–H and O–H groups in total. The van der Waals surface area contributed by atoms with E-state index in [-0.39, 0.29) is 29.4 Å². The zero-order valence-corrected chi connectivity index (χ0v) is 15.7. The van der Waals surface area contributed by atoms with Gasteiger partial charge in [-0.1, -0.05) is 36.8 Å². The SMILES string of the molecule is CCOCCCNC(N)=NCC1(c2ccccc2)CCC1.I. The average Bonchev–Trinajstić information content (AvgIpc) is 2.47. The zero-order chi connectivity index (χ0) is 15.0. The second-order valence-corrected chi connectivity index (χ2v) is 5.68. The topological polar surface area (TPSA) is 59.6 Å². The van der Waals surface area contributed by atoms with Crippen LogP contribution in [0, 0.1) is 0 Å². The molecule has 0 spiro atoms. The van der Waals surface area contributed by atoms with Crippen LogP contribution >= 0.6 is 24.0 Å². The predicted molar refractivity (Wildman–Crippen MR) is 103 cm³/mol. The largest absolute Gasteiger partial charge is 0.382 e. The van der Waals surface area contributed by atoms with Crippen LogP contribution in [0.15, 0.2) is 35.3 Å². The molecule has 0 aromatic heterocycles. The van der Waals surface area contributed by atoms with Gasteiger partial charge in [-0.25, -0.2) is 0 Å². The Morgan fingerprint density at radius 2 is 2.05 bits per heavy atom. The van der Waals surface area contributed by atoms with Crippen LogP contribution in [-0.4, -0.2) is 32.3 Å². The summed E-state index contributed by atoms with van der Waals surface area (Å²) < 4.78 is 5.29. The lowest BCUT2D eigenvalue weighted by Gasteiger charge is -2.41. The number of halogens is 1. The van der Waals surface area contributed by atoms with E-state index >= 15 is 0 Å². The van der Waals surface area contributed by atoms with Crippen LogP contribution < -0.4 is 11.1 Å². The number of hydrogen-bond donors (Lipinski definition) is 2. The molecule has 0 radical (unpaired) electrons. The molecule has 0 amide bonds. The van der Waals surface area contributed by atoms with Gasteiger partial charge in [0, 0.05) is 25.2 Å². The van der Waals surface area contributed by atoms with Crippen LogP contribution in [0.5, 0.6) is 0 Å². The van der Waals surface area contributed by atoms with Crippen LogP contribution in [0.1, 0.15) is 38.2 Å². The van der Waals surface area contributed by atoms with Gasteiger partial charge in [0.1, 0.15) is 0 Å². The Bertz CT molecular complexity index is 446. The van der Waals surface area contributed by atoms with Gasteiger partial charge in [0.2, 0.25) is 0 Å². The summed E-state index contributed by atoms with van der Waals surface area (Å²) >= 11 is 0. The molecule has 1 aromatic rings. The Morgan fingerprint density at radius 3 is 2.64 bits per heavy atom. The summed E-state index contributed by atoms with van der Waals surface area (Å²) in [6.07, 6.45) is 4.65. The van der Waals surface area contributed by atoms with Crippen molar-refractivity contribution in [1.82, 2.24) is 5.32 Å². The summed E-state index contributed by atoms with van der Waals surface area (Å²) in [5, 5.41) is 3.16. The summed E-state index contributed by atoms with van der Waals surface area (Å²) in [5.41, 5.74) is 7.55. The van der Waals surface area contributed by atoms with Gasteiger partial charge in [-0.3, -0.25) is 4.99 Å². The zero-order valence-electron chi connectivity index (χ0n) is 13.4. The third-order valence-corrected chi connectivity index (χ3v) is 4.22. The third kappa shape index (κ3) is 5.43. The van der Waals surface area contributed by atoms with E-state index in [1.54, 1.807) is 0 Å². The van der Waals surface area contributed by atoms with Crippen molar-refractivity contribution in [1.29, 1.82) is 0 Å². The molecule has 22 heavy (non-hydrogen) atoms. The highest BCUT2D eigenvalue weighted by atomic mass is 127. The molecule has 0 heterocycles. The molecule has 0 saturated heterocycles. The highest BCUT2D eigenvalue weighted by Gasteiger charge is 2.38. The van der Waals surface area contributed by atoms with E-state index in [9.17, 15) is 0 Å². The Kier molecular flexibility index (Phi) is 8.78. The fourth-order valence-electron chi connectivity index (χ4n) is 2.76. The normalized spacial score (nSPS) is 16.5. The van der Waals surface area contributed by atoms with Crippen molar-refractivity contribution in [2.45, 2.75) is 38.0 Å². The van der Waals surface area contributed by atoms with E-state index in [0.717, 1.165) is 32.7 Å². The predicted octanol–water partition coefficient (Wildman–Crippen LogP) is 3.06. The lowest BCUT2D eigenvalue weighted by atomic mass is 9.64. The van der Waals surface area contributed by atoms with Crippen LogP contribution in [-0.2, 0) is 10.2 Å². The molecule has 5 heteroatoms. The molecular weight excluding hydrogens is 389 g/mol. The van der Waals surface area contributed by atoms with Crippen molar-refractivity contribution < 1.29 is 4.74 Å². The lowest BCUT2D eigenvalue weighted by Crippen LogP contribution is -2.40. The molecule has 1 aliphatic carbocycles. The molecule has 124 valence electrons.